The number of rotatable bonds is 10. The van der Waals surface area contributed by atoms with Gasteiger partial charge in [-0.3, -0.25) is 14.5 Å². The molecule has 1 aliphatic rings. The number of carbonyl (C=O) groups is 2. The van der Waals surface area contributed by atoms with Crippen LogP contribution in [0.1, 0.15) is 58.7 Å². The van der Waals surface area contributed by atoms with E-state index in [1.54, 1.807) is 43.3 Å². The van der Waals surface area contributed by atoms with Gasteiger partial charge < -0.3 is 14.6 Å². The molecule has 2 aromatic carbocycles. The standard InChI is InChI=1S/C29H28ClN3O5S2/c1-5-7-12-38-20-11-8-17(13-21(20)37-6-2)24-23(25(34)27-15(3)31-16(4)39-27)26(35)28(36)33(24)29-32-19-10-9-18(30)14-22(19)40-29/h8-11,13-14,24,35H,5-7,12H2,1-4H3. The molecule has 0 saturated heterocycles. The Morgan fingerprint density at radius 1 is 1.07 bits per heavy atom. The maximum atomic E-state index is 13.9. The van der Waals surface area contributed by atoms with Crippen LogP contribution < -0.4 is 14.4 Å². The van der Waals surface area contributed by atoms with Gasteiger partial charge in [0, 0.05) is 5.02 Å². The Kier molecular flexibility index (Phi) is 8.11. The highest BCUT2D eigenvalue weighted by atomic mass is 35.5. The average Bonchev–Trinajstić information content (AvgIpc) is 3.57. The molecule has 40 heavy (non-hydrogen) atoms. The van der Waals surface area contributed by atoms with Gasteiger partial charge in [0.2, 0.25) is 5.78 Å². The first kappa shape index (κ1) is 28.1. The molecule has 1 aliphatic heterocycles. The van der Waals surface area contributed by atoms with Crippen LogP contribution in [0.25, 0.3) is 10.2 Å². The van der Waals surface area contributed by atoms with Crippen LogP contribution in [-0.2, 0) is 4.79 Å². The summed E-state index contributed by atoms with van der Waals surface area (Å²) in [6, 6.07) is 9.63. The molecule has 1 N–H and O–H groups in total. The minimum absolute atomic E-state index is 0.0314. The molecule has 11 heteroatoms. The van der Waals surface area contributed by atoms with E-state index in [0.29, 0.717) is 61.5 Å². The zero-order chi connectivity index (χ0) is 28.6. The predicted octanol–water partition coefficient (Wildman–Crippen LogP) is 7.38. The van der Waals surface area contributed by atoms with Crippen molar-refractivity contribution < 1.29 is 24.2 Å². The molecule has 0 aliphatic carbocycles. The van der Waals surface area contributed by atoms with Crippen molar-refractivity contribution in [2.45, 2.75) is 46.6 Å². The van der Waals surface area contributed by atoms with Gasteiger partial charge in [-0.1, -0.05) is 42.3 Å². The molecule has 0 radical (unpaired) electrons. The van der Waals surface area contributed by atoms with E-state index in [2.05, 4.69) is 16.9 Å². The van der Waals surface area contributed by atoms with E-state index in [4.69, 9.17) is 21.1 Å². The fourth-order valence-corrected chi connectivity index (χ4v) is 6.75. The van der Waals surface area contributed by atoms with Crippen LogP contribution in [-0.4, -0.2) is 40.0 Å². The van der Waals surface area contributed by atoms with Crippen LogP contribution in [0.3, 0.4) is 0 Å². The van der Waals surface area contributed by atoms with Gasteiger partial charge in [0.05, 0.1) is 50.6 Å². The summed E-state index contributed by atoms with van der Waals surface area (Å²) in [6.07, 6.45) is 1.88. The number of Topliss-reactive ketones (excluding diaryl/α,β-unsaturated/α-hetero) is 1. The van der Waals surface area contributed by atoms with Crippen molar-refractivity contribution in [1.82, 2.24) is 9.97 Å². The largest absolute Gasteiger partial charge is 0.503 e. The van der Waals surface area contributed by atoms with Gasteiger partial charge in [-0.2, -0.15) is 0 Å². The molecule has 1 atom stereocenters. The van der Waals surface area contributed by atoms with Crippen LogP contribution in [0, 0.1) is 13.8 Å². The monoisotopic (exact) mass is 597 g/mol. The summed E-state index contributed by atoms with van der Waals surface area (Å²) in [4.78, 5) is 38.4. The fourth-order valence-electron chi connectivity index (χ4n) is 4.61. The number of aliphatic hydroxyl groups is 1. The van der Waals surface area contributed by atoms with E-state index in [-0.39, 0.29) is 5.57 Å². The highest BCUT2D eigenvalue weighted by Crippen LogP contribution is 2.46. The summed E-state index contributed by atoms with van der Waals surface area (Å²) < 4.78 is 12.6. The van der Waals surface area contributed by atoms with Crippen LogP contribution in [0.15, 0.2) is 47.7 Å². The van der Waals surface area contributed by atoms with Crippen molar-refractivity contribution in [1.29, 1.82) is 0 Å². The molecule has 2 aromatic heterocycles. The number of halogens is 1. The van der Waals surface area contributed by atoms with Crippen molar-refractivity contribution in [3.8, 4) is 11.5 Å². The number of aryl methyl sites for hydroxylation is 2. The summed E-state index contributed by atoms with van der Waals surface area (Å²) in [6.45, 7) is 8.43. The Labute approximate surface area is 244 Å². The topological polar surface area (TPSA) is 102 Å². The number of anilines is 1. The number of aromatic nitrogens is 2. The summed E-state index contributed by atoms with van der Waals surface area (Å²) >= 11 is 8.68. The molecule has 4 aromatic rings. The van der Waals surface area contributed by atoms with Crippen LogP contribution >= 0.6 is 34.3 Å². The quantitative estimate of drug-likeness (QED) is 0.150. The fraction of sp³-hybridized carbons (Fsp3) is 0.310. The van der Waals surface area contributed by atoms with Gasteiger partial charge >= 0.3 is 0 Å². The number of nitrogens with zero attached hydrogens (tertiary/aromatic N) is 3. The molecule has 208 valence electrons. The first-order chi connectivity index (χ1) is 19.2. The Bertz CT molecular complexity index is 1640. The van der Waals surface area contributed by atoms with Gasteiger partial charge in [-0.25, -0.2) is 9.97 Å². The Morgan fingerprint density at radius 2 is 1.88 bits per heavy atom. The van der Waals surface area contributed by atoms with Crippen LogP contribution in [0.2, 0.25) is 5.02 Å². The minimum Gasteiger partial charge on any atom is -0.503 e. The number of amides is 1. The lowest BCUT2D eigenvalue weighted by Gasteiger charge is -2.25. The second kappa shape index (κ2) is 11.6. The molecule has 0 bridgehead atoms. The number of fused-ring (bicyclic) bond motifs is 1. The number of hydrogen-bond acceptors (Lipinski definition) is 9. The molecule has 0 spiro atoms. The molecule has 0 saturated carbocycles. The van der Waals surface area contributed by atoms with Gasteiger partial charge in [0.25, 0.3) is 5.91 Å². The molecule has 3 heterocycles. The third-order valence-corrected chi connectivity index (χ3v) is 8.77. The Morgan fingerprint density at radius 3 is 2.58 bits per heavy atom. The van der Waals surface area contributed by atoms with Crippen molar-refractivity contribution in [3.63, 3.8) is 0 Å². The highest BCUT2D eigenvalue weighted by molar-refractivity contribution is 7.22. The highest BCUT2D eigenvalue weighted by Gasteiger charge is 2.46. The number of benzene rings is 2. The van der Waals surface area contributed by atoms with E-state index in [0.717, 1.165) is 17.5 Å². The van der Waals surface area contributed by atoms with Gasteiger partial charge in [0.1, 0.15) is 0 Å². The maximum absolute atomic E-state index is 13.9. The molecule has 1 amide bonds. The smallest absolute Gasteiger partial charge is 0.296 e. The van der Waals surface area contributed by atoms with E-state index in [1.807, 2.05) is 13.8 Å². The summed E-state index contributed by atoms with van der Waals surface area (Å²) in [5.74, 6) is -0.716. The number of hydrogen-bond donors (Lipinski definition) is 1. The van der Waals surface area contributed by atoms with E-state index >= 15 is 0 Å². The van der Waals surface area contributed by atoms with Gasteiger partial charge in [-0.05, 0) is 63.1 Å². The summed E-state index contributed by atoms with van der Waals surface area (Å²) in [5.41, 5.74) is 1.74. The molecular weight excluding hydrogens is 570 g/mol. The van der Waals surface area contributed by atoms with Crippen molar-refractivity contribution >= 4 is 61.3 Å². The third kappa shape index (κ3) is 5.18. The normalized spacial score (nSPS) is 15.4. The lowest BCUT2D eigenvalue weighted by Crippen LogP contribution is -2.31. The van der Waals surface area contributed by atoms with Crippen molar-refractivity contribution in [2.24, 2.45) is 0 Å². The number of aliphatic hydroxyl groups excluding tert-OH is 1. The minimum atomic E-state index is -0.957. The zero-order valence-corrected chi connectivity index (χ0v) is 24.9. The second-order valence-corrected chi connectivity index (χ2v) is 11.9. The number of ketones is 1. The van der Waals surface area contributed by atoms with Gasteiger partial charge in [-0.15, -0.1) is 11.3 Å². The Hall–Kier alpha value is -3.47. The summed E-state index contributed by atoms with van der Waals surface area (Å²) in [7, 11) is 0. The number of carbonyl (C=O) groups excluding carboxylic acids is 2. The second-order valence-electron chi connectivity index (χ2n) is 9.27. The lowest BCUT2D eigenvalue weighted by molar-refractivity contribution is -0.117. The SMILES string of the molecule is CCCCOc1ccc(C2C(C(=O)c3sc(C)nc3C)=C(O)C(=O)N2c2nc3ccc(Cl)cc3s2)cc1OCC. The third-order valence-electron chi connectivity index (χ3n) is 6.45. The predicted molar refractivity (Wildman–Crippen MR) is 158 cm³/mol. The van der Waals surface area contributed by atoms with Crippen molar-refractivity contribution in [2.75, 3.05) is 18.1 Å². The molecule has 0 fully saturated rings. The number of unbranched alkanes of at least 4 members (excludes halogenated alkanes) is 1. The van der Waals surface area contributed by atoms with Crippen LogP contribution in [0.5, 0.6) is 11.5 Å². The molecular formula is C29H28ClN3O5S2. The van der Waals surface area contributed by atoms with E-state index < -0.39 is 23.5 Å². The Balaban J connectivity index is 1.66. The van der Waals surface area contributed by atoms with Crippen molar-refractivity contribution in [3.05, 3.63) is 73.9 Å². The maximum Gasteiger partial charge on any atom is 0.296 e. The molecule has 1 unspecified atom stereocenters. The summed E-state index contributed by atoms with van der Waals surface area (Å²) in [5, 5.41) is 12.8. The average molecular weight is 598 g/mol. The van der Waals surface area contributed by atoms with Gasteiger partial charge in [0.15, 0.2) is 22.4 Å². The van der Waals surface area contributed by atoms with E-state index in [1.165, 1.54) is 27.6 Å². The lowest BCUT2D eigenvalue weighted by atomic mass is 9.95. The first-order valence-corrected chi connectivity index (χ1v) is 15.0. The molecule has 5 rings (SSSR count). The number of ether oxygens (including phenoxy) is 2. The van der Waals surface area contributed by atoms with E-state index in [9.17, 15) is 14.7 Å². The zero-order valence-electron chi connectivity index (χ0n) is 22.5. The first-order valence-electron chi connectivity index (χ1n) is 12.9. The molecule has 8 nitrogen and oxygen atoms in total. The number of thiazole rings is 2. The van der Waals surface area contributed by atoms with Crippen LogP contribution in [0.4, 0.5) is 5.13 Å².